The first-order valence-corrected chi connectivity index (χ1v) is 8.34. The molecule has 3 aromatic rings. The molecule has 0 saturated heterocycles. The first kappa shape index (κ1) is 15.6. The van der Waals surface area contributed by atoms with Gasteiger partial charge in [0.15, 0.2) is 10.9 Å². The lowest BCUT2D eigenvalue weighted by Crippen LogP contribution is -2.06. The van der Waals surface area contributed by atoms with E-state index in [9.17, 15) is 4.79 Å². The molecule has 0 radical (unpaired) electrons. The quantitative estimate of drug-likeness (QED) is 0.427. The predicted octanol–water partition coefficient (Wildman–Crippen LogP) is 3.54. The summed E-state index contributed by atoms with van der Waals surface area (Å²) < 4.78 is 1.95. The van der Waals surface area contributed by atoms with E-state index in [1.165, 1.54) is 11.8 Å². The third-order valence-corrected chi connectivity index (χ3v) is 4.69. The number of hydrogen-bond acceptors (Lipinski definition) is 4. The minimum absolute atomic E-state index is 0.0933. The molecule has 5 nitrogen and oxygen atoms in total. The molecule has 0 aliphatic carbocycles. The maximum absolute atomic E-state index is 12.7. The van der Waals surface area contributed by atoms with Crippen molar-refractivity contribution in [2.45, 2.75) is 25.5 Å². The normalized spacial score (nSPS) is 11.0. The smallest absolute Gasteiger partial charge is 0.191 e. The molecule has 1 aromatic carbocycles. The molecule has 6 heteroatoms. The summed E-state index contributed by atoms with van der Waals surface area (Å²) in [6.07, 6.45) is 1.80. The fraction of sp³-hybridized carbons (Fsp3) is 0.235. The van der Waals surface area contributed by atoms with E-state index in [0.717, 1.165) is 33.1 Å². The number of hydrogen-bond donors (Lipinski definition) is 1. The zero-order chi connectivity index (χ0) is 16.4. The number of nitrogens with one attached hydrogen (secondary N) is 1. The minimum atomic E-state index is 0.0933. The van der Waals surface area contributed by atoms with Crippen LogP contribution in [0.1, 0.15) is 21.9 Å². The van der Waals surface area contributed by atoms with Gasteiger partial charge in [-0.2, -0.15) is 0 Å². The molecule has 2 heterocycles. The number of aromatic amines is 1. The molecule has 0 bridgehead atoms. The maximum Gasteiger partial charge on any atom is 0.191 e. The number of thioether (sulfide) groups is 1. The molecule has 1 N–H and O–H groups in total. The number of H-pyrrole nitrogens is 1. The second-order valence-electron chi connectivity index (χ2n) is 5.31. The van der Waals surface area contributed by atoms with Crippen molar-refractivity contribution < 1.29 is 4.79 Å². The Morgan fingerprint density at radius 2 is 2.13 bits per heavy atom. The number of carbonyl (C=O) groups excluding carboxylic acids is 1. The van der Waals surface area contributed by atoms with Crippen LogP contribution in [0.25, 0.3) is 10.9 Å². The van der Waals surface area contributed by atoms with Gasteiger partial charge in [0.05, 0.1) is 5.75 Å². The molecule has 0 amide bonds. The van der Waals surface area contributed by atoms with Gasteiger partial charge in [0, 0.05) is 28.7 Å². The Balaban J connectivity index is 1.82. The average molecular weight is 326 g/mol. The largest absolute Gasteiger partial charge is 0.358 e. The van der Waals surface area contributed by atoms with Crippen LogP contribution in [-0.4, -0.2) is 31.3 Å². The highest BCUT2D eigenvalue weighted by atomic mass is 32.2. The van der Waals surface area contributed by atoms with Gasteiger partial charge < -0.3 is 9.55 Å². The zero-order valence-corrected chi connectivity index (χ0v) is 14.0. The van der Waals surface area contributed by atoms with E-state index in [0.29, 0.717) is 12.3 Å². The number of allylic oxidation sites excluding steroid dienone is 1. The molecule has 0 aliphatic heterocycles. The summed E-state index contributed by atoms with van der Waals surface area (Å²) in [4.78, 5) is 15.9. The van der Waals surface area contributed by atoms with Crippen LogP contribution < -0.4 is 0 Å². The number of ketones is 1. The SMILES string of the molecule is C=CCn1c(C)nnc1SCC(=O)c1c(C)[nH]c2ccccc12. The molecule has 0 spiro atoms. The van der Waals surface area contributed by atoms with Crippen LogP contribution in [0.15, 0.2) is 42.1 Å². The number of fused-ring (bicyclic) bond motifs is 1. The van der Waals surface area contributed by atoms with Gasteiger partial charge in [-0.25, -0.2) is 0 Å². The highest BCUT2D eigenvalue weighted by molar-refractivity contribution is 7.99. The number of benzene rings is 1. The summed E-state index contributed by atoms with van der Waals surface area (Å²) in [6, 6.07) is 7.86. The Morgan fingerprint density at radius 3 is 2.91 bits per heavy atom. The highest BCUT2D eigenvalue weighted by Crippen LogP contribution is 2.25. The molecular formula is C17H18N4OS. The van der Waals surface area contributed by atoms with Crippen molar-refractivity contribution in [3.05, 3.63) is 54.0 Å². The van der Waals surface area contributed by atoms with Crippen LogP contribution in [-0.2, 0) is 6.54 Å². The fourth-order valence-electron chi connectivity index (χ4n) is 2.65. The van der Waals surface area contributed by atoms with Crippen LogP contribution in [0.3, 0.4) is 0 Å². The predicted molar refractivity (Wildman–Crippen MR) is 93.0 cm³/mol. The van der Waals surface area contributed by atoms with Gasteiger partial charge >= 0.3 is 0 Å². The Labute approximate surface area is 138 Å². The van der Waals surface area contributed by atoms with Crippen LogP contribution >= 0.6 is 11.8 Å². The van der Waals surface area contributed by atoms with Crippen LogP contribution in [0.2, 0.25) is 0 Å². The van der Waals surface area contributed by atoms with Crippen molar-refractivity contribution in [3.63, 3.8) is 0 Å². The highest BCUT2D eigenvalue weighted by Gasteiger charge is 2.17. The van der Waals surface area contributed by atoms with Crippen molar-refractivity contribution in [1.29, 1.82) is 0 Å². The standard InChI is InChI=1S/C17H18N4OS/c1-4-9-21-12(3)19-20-17(21)23-10-15(22)16-11(2)18-14-8-6-5-7-13(14)16/h4-8,18H,1,9-10H2,2-3H3. The minimum Gasteiger partial charge on any atom is -0.358 e. The second kappa shape index (κ2) is 6.42. The Bertz CT molecular complexity index is 878. The average Bonchev–Trinajstić information content (AvgIpc) is 3.05. The Morgan fingerprint density at radius 1 is 1.35 bits per heavy atom. The molecule has 0 fully saturated rings. The van der Waals surface area contributed by atoms with Crippen molar-refractivity contribution in [3.8, 4) is 0 Å². The van der Waals surface area contributed by atoms with Gasteiger partial charge in [-0.3, -0.25) is 4.79 Å². The number of aryl methyl sites for hydroxylation is 2. The molecule has 0 unspecified atom stereocenters. The number of Topliss-reactive ketones (excluding diaryl/α,β-unsaturated/α-hetero) is 1. The molecule has 118 valence electrons. The van der Waals surface area contributed by atoms with E-state index < -0.39 is 0 Å². The number of nitrogens with zero attached hydrogens (tertiary/aromatic N) is 3. The lowest BCUT2D eigenvalue weighted by molar-refractivity contribution is 0.102. The zero-order valence-electron chi connectivity index (χ0n) is 13.2. The summed E-state index contributed by atoms with van der Waals surface area (Å²) in [5.74, 6) is 1.25. The molecule has 0 atom stereocenters. The molecule has 23 heavy (non-hydrogen) atoms. The first-order chi connectivity index (χ1) is 11.1. The van der Waals surface area contributed by atoms with Gasteiger partial charge in [-0.15, -0.1) is 16.8 Å². The Kier molecular flexibility index (Phi) is 4.34. The van der Waals surface area contributed by atoms with Crippen LogP contribution in [0.5, 0.6) is 0 Å². The van der Waals surface area contributed by atoms with Crippen molar-refractivity contribution in [1.82, 2.24) is 19.7 Å². The topological polar surface area (TPSA) is 63.6 Å². The lowest BCUT2D eigenvalue weighted by Gasteiger charge is -2.05. The number of carbonyl (C=O) groups is 1. The van der Waals surface area contributed by atoms with E-state index in [1.54, 1.807) is 6.08 Å². The van der Waals surface area contributed by atoms with Gasteiger partial charge in [-0.1, -0.05) is 36.0 Å². The third kappa shape index (κ3) is 2.94. The molecule has 2 aromatic heterocycles. The van der Waals surface area contributed by atoms with E-state index in [2.05, 4.69) is 21.8 Å². The summed E-state index contributed by atoms with van der Waals surface area (Å²) in [6.45, 7) is 8.21. The summed E-state index contributed by atoms with van der Waals surface area (Å²) in [5, 5.41) is 9.93. The Hall–Kier alpha value is -2.34. The maximum atomic E-state index is 12.7. The summed E-state index contributed by atoms with van der Waals surface area (Å²) >= 11 is 1.41. The van der Waals surface area contributed by atoms with Gasteiger partial charge in [0.2, 0.25) is 0 Å². The van der Waals surface area contributed by atoms with Crippen molar-refractivity contribution in [2.24, 2.45) is 0 Å². The fourth-order valence-corrected chi connectivity index (χ4v) is 3.51. The second-order valence-corrected chi connectivity index (χ2v) is 6.25. The van der Waals surface area contributed by atoms with Crippen LogP contribution in [0.4, 0.5) is 0 Å². The number of rotatable bonds is 6. The summed E-state index contributed by atoms with van der Waals surface area (Å²) in [7, 11) is 0. The lowest BCUT2D eigenvalue weighted by atomic mass is 10.1. The third-order valence-electron chi connectivity index (χ3n) is 3.72. The summed E-state index contributed by atoms with van der Waals surface area (Å²) in [5.41, 5.74) is 2.66. The van der Waals surface area contributed by atoms with Gasteiger partial charge in [0.25, 0.3) is 0 Å². The number of para-hydroxylation sites is 1. The van der Waals surface area contributed by atoms with E-state index in [-0.39, 0.29) is 5.78 Å². The van der Waals surface area contributed by atoms with E-state index >= 15 is 0 Å². The van der Waals surface area contributed by atoms with E-state index in [4.69, 9.17) is 0 Å². The first-order valence-electron chi connectivity index (χ1n) is 7.35. The van der Waals surface area contributed by atoms with Gasteiger partial charge in [0.1, 0.15) is 5.82 Å². The number of aromatic nitrogens is 4. The molecule has 3 rings (SSSR count). The van der Waals surface area contributed by atoms with Crippen LogP contribution in [0, 0.1) is 13.8 Å². The molecular weight excluding hydrogens is 308 g/mol. The van der Waals surface area contributed by atoms with E-state index in [1.807, 2.05) is 42.7 Å². The molecule has 0 saturated carbocycles. The molecule has 0 aliphatic rings. The van der Waals surface area contributed by atoms with Crippen molar-refractivity contribution in [2.75, 3.05) is 5.75 Å². The van der Waals surface area contributed by atoms with Crippen molar-refractivity contribution >= 4 is 28.4 Å². The monoisotopic (exact) mass is 326 g/mol. The van der Waals surface area contributed by atoms with Gasteiger partial charge in [-0.05, 0) is 19.9 Å².